The van der Waals surface area contributed by atoms with Gasteiger partial charge in [-0.1, -0.05) is 0 Å². The van der Waals surface area contributed by atoms with Crippen LogP contribution in [0.1, 0.15) is 5.56 Å². The molecular weight excluding hydrogens is 158 g/mol. The van der Waals surface area contributed by atoms with Crippen LogP contribution in [-0.2, 0) is 6.54 Å². The number of benzene rings is 1. The Morgan fingerprint density at radius 1 is 1.20 bits per heavy atom. The third kappa shape index (κ3) is 2.88. The summed E-state index contributed by atoms with van der Waals surface area (Å²) in [7, 11) is 0. The second-order valence-corrected chi connectivity index (χ2v) is 2.84. The molecule has 0 bridgehead atoms. The molecule has 50 valence electrons. The SMILES string of the molecule is NCc1cc[c]([Mg+])cc1.[Cl-]. The van der Waals surface area contributed by atoms with Gasteiger partial charge < -0.3 is 12.4 Å². The van der Waals surface area contributed by atoms with E-state index in [1.807, 2.05) is 21.7 Å². The van der Waals surface area contributed by atoms with Crippen molar-refractivity contribution in [2.45, 2.75) is 6.54 Å². The van der Waals surface area contributed by atoms with Crippen molar-refractivity contribution in [3.05, 3.63) is 29.8 Å². The third-order valence-corrected chi connectivity index (χ3v) is 1.73. The molecule has 10 heavy (non-hydrogen) atoms. The quantitative estimate of drug-likeness (QED) is 0.440. The molecule has 1 aromatic carbocycles. The van der Waals surface area contributed by atoms with Crippen LogP contribution < -0.4 is 21.8 Å². The molecule has 0 unspecified atom stereocenters. The van der Waals surface area contributed by atoms with E-state index < -0.39 is 0 Å². The van der Waals surface area contributed by atoms with E-state index in [0.717, 1.165) is 0 Å². The van der Waals surface area contributed by atoms with Crippen LogP contribution in [0.15, 0.2) is 24.3 Å². The van der Waals surface area contributed by atoms with E-state index >= 15 is 0 Å². The molecule has 0 aliphatic rings. The molecule has 0 radical (unpaired) electrons. The summed E-state index contributed by atoms with van der Waals surface area (Å²) in [6.07, 6.45) is 0. The maximum absolute atomic E-state index is 5.40. The summed E-state index contributed by atoms with van der Waals surface area (Å²) in [6, 6.07) is 8.28. The molecule has 1 nitrogen and oxygen atoms in total. The predicted octanol–water partition coefficient (Wildman–Crippen LogP) is -3.06. The molecule has 2 N–H and O–H groups in total. The van der Waals surface area contributed by atoms with Gasteiger partial charge in [-0.25, -0.2) is 0 Å². The van der Waals surface area contributed by atoms with Crippen molar-refractivity contribution in [1.82, 2.24) is 0 Å². The molecule has 0 aliphatic heterocycles. The molecular formula is C7H8ClMgN. The summed E-state index contributed by atoms with van der Waals surface area (Å²) in [5.74, 6) is 0. The molecule has 0 spiro atoms. The summed E-state index contributed by atoms with van der Waals surface area (Å²) >= 11 is 1.88. The van der Waals surface area contributed by atoms with Gasteiger partial charge in [-0.2, -0.15) is 0 Å². The molecule has 1 rings (SSSR count). The Hall–Kier alpha value is 0.236. The standard InChI is InChI=1S/C7H8N.ClH.Mg/c8-6-7-4-2-1-3-5-7;;/h2-5H,6,8H2;1H;/q;;+1/p-1. The van der Waals surface area contributed by atoms with Gasteiger partial charge in [0.1, 0.15) is 0 Å². The number of nitrogens with two attached hydrogens (primary N) is 1. The van der Waals surface area contributed by atoms with Crippen LogP contribution in [0.4, 0.5) is 0 Å². The fourth-order valence-corrected chi connectivity index (χ4v) is 0.911. The van der Waals surface area contributed by atoms with Crippen molar-refractivity contribution in [3.8, 4) is 0 Å². The van der Waals surface area contributed by atoms with Crippen molar-refractivity contribution in [3.63, 3.8) is 0 Å². The molecule has 0 heterocycles. The first-order valence-corrected chi connectivity index (χ1v) is 3.64. The van der Waals surface area contributed by atoms with Gasteiger partial charge in [0.15, 0.2) is 0 Å². The van der Waals surface area contributed by atoms with Crippen LogP contribution in [0, 0.1) is 0 Å². The van der Waals surface area contributed by atoms with E-state index in [-0.39, 0.29) is 12.4 Å². The first kappa shape index (κ1) is 10.2. The minimum atomic E-state index is 0. The van der Waals surface area contributed by atoms with Crippen molar-refractivity contribution >= 4 is 25.4 Å². The fourth-order valence-electron chi connectivity index (χ4n) is 0.675. The van der Waals surface area contributed by atoms with E-state index in [0.29, 0.717) is 6.54 Å². The van der Waals surface area contributed by atoms with Crippen molar-refractivity contribution < 1.29 is 12.4 Å². The van der Waals surface area contributed by atoms with Crippen LogP contribution in [0.5, 0.6) is 0 Å². The summed E-state index contributed by atoms with van der Waals surface area (Å²) < 4.78 is 1.31. The summed E-state index contributed by atoms with van der Waals surface area (Å²) in [4.78, 5) is 0. The Labute approximate surface area is 79.8 Å². The van der Waals surface area contributed by atoms with Crippen LogP contribution in [-0.4, -0.2) is 21.7 Å². The van der Waals surface area contributed by atoms with Crippen LogP contribution in [0.3, 0.4) is 0 Å². The molecule has 0 atom stereocenters. The zero-order valence-electron chi connectivity index (χ0n) is 5.68. The minimum absolute atomic E-state index is 0. The van der Waals surface area contributed by atoms with E-state index in [1.165, 1.54) is 9.26 Å². The van der Waals surface area contributed by atoms with Gasteiger partial charge in [-0.05, 0) is 0 Å². The number of rotatable bonds is 1. The van der Waals surface area contributed by atoms with Gasteiger partial charge in [0, 0.05) is 0 Å². The zero-order valence-corrected chi connectivity index (χ0v) is 7.85. The topological polar surface area (TPSA) is 26.0 Å². The van der Waals surface area contributed by atoms with E-state index in [1.54, 1.807) is 0 Å². The molecule has 0 saturated heterocycles. The molecule has 0 saturated carbocycles. The van der Waals surface area contributed by atoms with Gasteiger partial charge in [0.2, 0.25) is 0 Å². The Morgan fingerprint density at radius 2 is 1.70 bits per heavy atom. The molecule has 1 aromatic rings. The predicted molar refractivity (Wildman–Crippen MR) is 39.7 cm³/mol. The zero-order chi connectivity index (χ0) is 6.69. The Morgan fingerprint density at radius 3 is 2.10 bits per heavy atom. The van der Waals surface area contributed by atoms with Crippen LogP contribution >= 0.6 is 0 Å². The first-order chi connectivity index (χ1) is 4.33. The Kier molecular flexibility index (Phi) is 5.08. The average Bonchev–Trinajstić information content (AvgIpc) is 1.90. The largest absolute Gasteiger partial charge is 1.00 e. The Bertz CT molecular complexity index is 185. The maximum atomic E-state index is 5.40. The van der Waals surface area contributed by atoms with E-state index in [4.69, 9.17) is 5.73 Å². The number of hydrogen-bond acceptors (Lipinski definition) is 1. The van der Waals surface area contributed by atoms with Gasteiger partial charge in [0.05, 0.1) is 0 Å². The molecule has 0 fully saturated rings. The smallest absolute Gasteiger partial charge is 1.00 e. The van der Waals surface area contributed by atoms with E-state index in [2.05, 4.69) is 24.3 Å². The molecule has 3 heteroatoms. The molecule has 0 aliphatic carbocycles. The molecule has 0 amide bonds. The monoisotopic (exact) mass is 165 g/mol. The molecule has 0 aromatic heterocycles. The van der Waals surface area contributed by atoms with Gasteiger partial charge >= 0.3 is 67.5 Å². The number of halogens is 1. The first-order valence-electron chi connectivity index (χ1n) is 2.94. The van der Waals surface area contributed by atoms with E-state index in [9.17, 15) is 0 Å². The maximum Gasteiger partial charge on any atom is -1.00 e. The Balaban J connectivity index is 0.000000810. The second kappa shape index (κ2) is 4.96. The van der Waals surface area contributed by atoms with Crippen molar-refractivity contribution in [2.24, 2.45) is 5.73 Å². The average molecular weight is 166 g/mol. The summed E-state index contributed by atoms with van der Waals surface area (Å²) in [5, 5.41) is 0. The van der Waals surface area contributed by atoms with Gasteiger partial charge in [-0.3, -0.25) is 0 Å². The van der Waals surface area contributed by atoms with Gasteiger partial charge in [-0.15, -0.1) is 0 Å². The second-order valence-electron chi connectivity index (χ2n) is 2.02. The van der Waals surface area contributed by atoms with Crippen molar-refractivity contribution in [2.75, 3.05) is 0 Å². The number of hydrogen-bond donors (Lipinski definition) is 1. The van der Waals surface area contributed by atoms with Crippen LogP contribution in [0.2, 0.25) is 0 Å². The van der Waals surface area contributed by atoms with Crippen LogP contribution in [0.25, 0.3) is 0 Å². The summed E-state index contributed by atoms with van der Waals surface area (Å²) in [6.45, 7) is 0.642. The van der Waals surface area contributed by atoms with Crippen molar-refractivity contribution in [1.29, 1.82) is 0 Å². The summed E-state index contributed by atoms with van der Waals surface area (Å²) in [5.41, 5.74) is 6.60. The fraction of sp³-hybridized carbons (Fsp3) is 0.143. The van der Waals surface area contributed by atoms with Gasteiger partial charge in [0.25, 0.3) is 0 Å². The normalized spacial score (nSPS) is 8.70. The third-order valence-electron chi connectivity index (χ3n) is 1.26. The minimum Gasteiger partial charge on any atom is -1.00 e.